The van der Waals surface area contributed by atoms with E-state index in [4.69, 9.17) is 9.47 Å². The van der Waals surface area contributed by atoms with Crippen LogP contribution in [0.25, 0.3) is 0 Å². The zero-order valence-electron chi connectivity index (χ0n) is 11.5. The Labute approximate surface area is 131 Å². The molecule has 1 unspecified atom stereocenters. The fourth-order valence-corrected chi connectivity index (χ4v) is 1.61. The lowest BCUT2D eigenvalue weighted by Gasteiger charge is -2.11. The van der Waals surface area contributed by atoms with Crippen LogP contribution in [0.5, 0.6) is 5.75 Å². The van der Waals surface area contributed by atoms with Crippen molar-refractivity contribution in [2.24, 2.45) is 5.92 Å². The van der Waals surface area contributed by atoms with E-state index >= 15 is 0 Å². The minimum Gasteiger partial charge on any atom is -0.462 e. The second-order valence-corrected chi connectivity index (χ2v) is 5.32. The van der Waals surface area contributed by atoms with Gasteiger partial charge in [-0.1, -0.05) is 22.5 Å². The molecule has 1 aromatic rings. The third kappa shape index (κ3) is 6.35. The molecular formula is C15H15BrO5. The highest BCUT2D eigenvalue weighted by Crippen LogP contribution is 2.17. The van der Waals surface area contributed by atoms with Gasteiger partial charge in [0.2, 0.25) is 0 Å². The largest absolute Gasteiger partial charge is 0.462 e. The van der Waals surface area contributed by atoms with Crippen LogP contribution >= 0.6 is 15.9 Å². The Morgan fingerprint density at radius 1 is 1.33 bits per heavy atom. The van der Waals surface area contributed by atoms with E-state index in [0.29, 0.717) is 12.0 Å². The zero-order valence-corrected chi connectivity index (χ0v) is 13.1. The van der Waals surface area contributed by atoms with Crippen LogP contribution in [-0.2, 0) is 19.1 Å². The molecule has 0 fully saturated rings. The average molecular weight is 355 g/mol. The quantitative estimate of drug-likeness (QED) is 0.326. The molecule has 1 aromatic carbocycles. The molecule has 0 aliphatic heterocycles. The van der Waals surface area contributed by atoms with E-state index in [9.17, 15) is 14.4 Å². The predicted molar refractivity (Wildman–Crippen MR) is 79.7 cm³/mol. The zero-order chi connectivity index (χ0) is 15.8. The molecule has 0 saturated heterocycles. The van der Waals surface area contributed by atoms with Crippen LogP contribution in [0.4, 0.5) is 0 Å². The number of ether oxygens (including phenoxy) is 2. The lowest BCUT2D eigenvalue weighted by Crippen LogP contribution is -2.21. The monoisotopic (exact) mass is 354 g/mol. The number of rotatable bonds is 7. The third-order valence-electron chi connectivity index (χ3n) is 2.44. The minimum atomic E-state index is -0.740. The fourth-order valence-electron chi connectivity index (χ4n) is 1.34. The Hall–Kier alpha value is -1.95. The number of esters is 2. The summed E-state index contributed by atoms with van der Waals surface area (Å²) >= 11 is 3.27. The molecule has 0 heterocycles. The van der Waals surface area contributed by atoms with Crippen molar-refractivity contribution in [2.45, 2.75) is 13.3 Å². The molecular weight excluding hydrogens is 340 g/mol. The molecule has 21 heavy (non-hydrogen) atoms. The van der Waals surface area contributed by atoms with Crippen molar-refractivity contribution in [3.05, 3.63) is 40.9 Å². The van der Waals surface area contributed by atoms with Crippen LogP contribution in [0.2, 0.25) is 0 Å². The lowest BCUT2D eigenvalue weighted by molar-refractivity contribution is -0.144. The maximum Gasteiger partial charge on any atom is 0.333 e. The fraction of sp³-hybridized carbons (Fsp3) is 0.267. The van der Waals surface area contributed by atoms with Crippen LogP contribution in [0.3, 0.4) is 0 Å². The van der Waals surface area contributed by atoms with Gasteiger partial charge in [0.1, 0.15) is 18.6 Å². The topological polar surface area (TPSA) is 69.7 Å². The van der Waals surface area contributed by atoms with Gasteiger partial charge in [0, 0.05) is 10.0 Å². The predicted octanol–water partition coefficient (Wildman–Crippen LogP) is 2.68. The van der Waals surface area contributed by atoms with Gasteiger partial charge >= 0.3 is 11.9 Å². The number of halogens is 1. The molecule has 0 saturated carbocycles. The molecule has 0 radical (unpaired) electrons. The Bertz CT molecular complexity index is 535. The summed E-state index contributed by atoms with van der Waals surface area (Å²) in [5.41, 5.74) is 0.233. The van der Waals surface area contributed by atoms with Gasteiger partial charge in [-0.3, -0.25) is 4.79 Å². The van der Waals surface area contributed by atoms with Crippen LogP contribution in [-0.4, -0.2) is 24.8 Å². The summed E-state index contributed by atoms with van der Waals surface area (Å²) in [5.74, 6) is -1.52. The first kappa shape index (κ1) is 17.1. The van der Waals surface area contributed by atoms with Crippen LogP contribution < -0.4 is 4.74 Å². The van der Waals surface area contributed by atoms with Gasteiger partial charge in [-0.25, -0.2) is 4.79 Å². The number of hydrogen-bond acceptors (Lipinski definition) is 5. The molecule has 0 amide bonds. The SMILES string of the molecule is C=C(C)C(=O)OCC(C=O)CC(=O)Oc1ccc(Br)cc1. The summed E-state index contributed by atoms with van der Waals surface area (Å²) in [7, 11) is 0. The molecule has 0 aromatic heterocycles. The number of hydrogen-bond donors (Lipinski definition) is 0. The van der Waals surface area contributed by atoms with E-state index in [1.165, 1.54) is 6.92 Å². The molecule has 1 atom stereocenters. The number of benzene rings is 1. The molecule has 112 valence electrons. The van der Waals surface area contributed by atoms with E-state index in [1.807, 2.05) is 0 Å². The van der Waals surface area contributed by atoms with Crippen molar-refractivity contribution < 1.29 is 23.9 Å². The van der Waals surface area contributed by atoms with Crippen molar-refractivity contribution in [3.63, 3.8) is 0 Å². The maximum atomic E-state index is 11.7. The highest BCUT2D eigenvalue weighted by molar-refractivity contribution is 9.10. The standard InChI is InChI=1S/C15H15BrO5/c1-10(2)15(19)20-9-11(8-17)7-14(18)21-13-5-3-12(16)4-6-13/h3-6,8,11H,1,7,9H2,2H3. The van der Waals surface area contributed by atoms with Crippen LogP contribution in [0.15, 0.2) is 40.9 Å². The van der Waals surface area contributed by atoms with Crippen molar-refractivity contribution in [1.82, 2.24) is 0 Å². The van der Waals surface area contributed by atoms with Gasteiger partial charge in [-0.05, 0) is 31.2 Å². The summed E-state index contributed by atoms with van der Waals surface area (Å²) in [6.45, 7) is 4.75. The first-order valence-electron chi connectivity index (χ1n) is 6.16. The lowest BCUT2D eigenvalue weighted by atomic mass is 10.1. The summed E-state index contributed by atoms with van der Waals surface area (Å²) in [6, 6.07) is 6.71. The summed E-state index contributed by atoms with van der Waals surface area (Å²) in [4.78, 5) is 33.8. The average Bonchev–Trinajstić information content (AvgIpc) is 2.45. The number of carbonyl (C=O) groups excluding carboxylic acids is 3. The normalized spacial score (nSPS) is 11.3. The minimum absolute atomic E-state index is 0.164. The van der Waals surface area contributed by atoms with Gasteiger partial charge < -0.3 is 14.3 Å². The third-order valence-corrected chi connectivity index (χ3v) is 2.97. The Kier molecular flexibility index (Phi) is 6.81. The first-order chi connectivity index (χ1) is 9.92. The van der Waals surface area contributed by atoms with Crippen molar-refractivity contribution in [3.8, 4) is 5.75 Å². The van der Waals surface area contributed by atoms with Crippen molar-refractivity contribution in [1.29, 1.82) is 0 Å². The highest BCUT2D eigenvalue weighted by atomic mass is 79.9. The smallest absolute Gasteiger partial charge is 0.333 e. The van der Waals surface area contributed by atoms with Crippen LogP contribution in [0, 0.1) is 5.92 Å². The van der Waals surface area contributed by atoms with Crippen molar-refractivity contribution >= 4 is 34.2 Å². The van der Waals surface area contributed by atoms with Crippen LogP contribution in [0.1, 0.15) is 13.3 Å². The van der Waals surface area contributed by atoms with Gasteiger partial charge in [0.25, 0.3) is 0 Å². The van der Waals surface area contributed by atoms with E-state index in [1.54, 1.807) is 24.3 Å². The molecule has 5 nitrogen and oxygen atoms in total. The van der Waals surface area contributed by atoms with E-state index in [-0.39, 0.29) is 18.6 Å². The Morgan fingerprint density at radius 2 is 1.95 bits per heavy atom. The van der Waals surface area contributed by atoms with E-state index in [0.717, 1.165) is 4.47 Å². The van der Waals surface area contributed by atoms with Crippen molar-refractivity contribution in [2.75, 3.05) is 6.61 Å². The molecule has 0 N–H and O–H groups in total. The second-order valence-electron chi connectivity index (χ2n) is 4.41. The first-order valence-corrected chi connectivity index (χ1v) is 6.96. The molecule has 1 rings (SSSR count). The van der Waals surface area contributed by atoms with Gasteiger partial charge in [-0.2, -0.15) is 0 Å². The molecule has 0 aliphatic rings. The second kappa shape index (κ2) is 8.36. The van der Waals surface area contributed by atoms with E-state index in [2.05, 4.69) is 22.5 Å². The molecule has 6 heteroatoms. The number of carbonyl (C=O) groups is 3. The highest BCUT2D eigenvalue weighted by Gasteiger charge is 2.17. The molecule has 0 bridgehead atoms. The Morgan fingerprint density at radius 3 is 2.48 bits per heavy atom. The number of aldehydes is 1. The molecule has 0 spiro atoms. The summed E-state index contributed by atoms with van der Waals surface area (Å²) in [5, 5.41) is 0. The summed E-state index contributed by atoms with van der Waals surface area (Å²) < 4.78 is 10.8. The summed E-state index contributed by atoms with van der Waals surface area (Å²) in [6.07, 6.45) is 0.400. The van der Waals surface area contributed by atoms with Gasteiger partial charge in [-0.15, -0.1) is 0 Å². The Balaban J connectivity index is 2.47. The molecule has 0 aliphatic carbocycles. The van der Waals surface area contributed by atoms with Gasteiger partial charge in [0.05, 0.1) is 12.3 Å². The maximum absolute atomic E-state index is 11.7. The van der Waals surface area contributed by atoms with Gasteiger partial charge in [0.15, 0.2) is 0 Å². The van der Waals surface area contributed by atoms with E-state index < -0.39 is 17.9 Å².